The number of nitrogens with two attached hydrogens (primary N) is 1. The van der Waals surface area contributed by atoms with Crippen LogP contribution in [0.1, 0.15) is 38.4 Å². The van der Waals surface area contributed by atoms with E-state index in [4.69, 9.17) is 5.73 Å². The second-order valence-electron chi connectivity index (χ2n) is 8.57. The van der Waals surface area contributed by atoms with Gasteiger partial charge in [0, 0.05) is 24.7 Å². The summed E-state index contributed by atoms with van der Waals surface area (Å²) in [5.74, 6) is -3.02. The van der Waals surface area contributed by atoms with Gasteiger partial charge in [0.25, 0.3) is 0 Å². The fraction of sp³-hybridized carbons (Fsp3) is 0.458. The molecule has 0 aliphatic rings. The maximum absolute atomic E-state index is 13.1. The summed E-state index contributed by atoms with van der Waals surface area (Å²) in [6, 6.07) is 4.85. The van der Waals surface area contributed by atoms with Crippen LogP contribution < -0.4 is 21.7 Å². The molecule has 7 N–H and O–H groups in total. The van der Waals surface area contributed by atoms with Gasteiger partial charge in [-0.3, -0.25) is 14.4 Å². The molecule has 3 amide bonds. The van der Waals surface area contributed by atoms with Crippen molar-refractivity contribution < 1.29 is 24.3 Å². The lowest BCUT2D eigenvalue weighted by atomic mass is 9.99. The SMILES string of the molecule is CCC(C)C(N)C(=O)NC(C)C(=O)NC(Cc1cnc[nH]1)C(=O)NC(Cc1ccccc1)C(=O)O. The molecule has 0 aliphatic carbocycles. The summed E-state index contributed by atoms with van der Waals surface area (Å²) in [6.07, 6.45) is 3.76. The van der Waals surface area contributed by atoms with Gasteiger partial charge < -0.3 is 31.8 Å². The molecule has 0 aliphatic heterocycles. The summed E-state index contributed by atoms with van der Waals surface area (Å²) < 4.78 is 0. The number of hydrogen-bond donors (Lipinski definition) is 6. The van der Waals surface area contributed by atoms with Gasteiger partial charge in [-0.05, 0) is 18.4 Å². The highest BCUT2D eigenvalue weighted by molar-refractivity contribution is 5.94. The monoisotopic (exact) mass is 486 g/mol. The third-order valence-corrected chi connectivity index (χ3v) is 5.82. The lowest BCUT2D eigenvalue weighted by Gasteiger charge is -2.24. The summed E-state index contributed by atoms with van der Waals surface area (Å²) in [7, 11) is 0. The van der Waals surface area contributed by atoms with E-state index in [1.54, 1.807) is 24.3 Å². The Balaban J connectivity index is 2.10. The summed E-state index contributed by atoms with van der Waals surface area (Å²) in [5.41, 5.74) is 7.24. The topological polar surface area (TPSA) is 179 Å². The molecule has 1 heterocycles. The van der Waals surface area contributed by atoms with Crippen molar-refractivity contribution >= 4 is 23.7 Å². The first-order chi connectivity index (χ1) is 16.6. The van der Waals surface area contributed by atoms with Gasteiger partial charge in [0.2, 0.25) is 17.7 Å². The van der Waals surface area contributed by atoms with Crippen molar-refractivity contribution in [2.75, 3.05) is 0 Å². The number of hydrogen-bond acceptors (Lipinski definition) is 6. The van der Waals surface area contributed by atoms with Crippen molar-refractivity contribution in [2.24, 2.45) is 11.7 Å². The lowest BCUT2D eigenvalue weighted by molar-refractivity contribution is -0.142. The number of carboxylic acid groups (broad SMARTS) is 1. The predicted octanol–water partition coefficient (Wildman–Crippen LogP) is 0.127. The number of rotatable bonds is 13. The third kappa shape index (κ3) is 8.53. The Morgan fingerprint density at radius 1 is 0.971 bits per heavy atom. The first-order valence-electron chi connectivity index (χ1n) is 11.5. The van der Waals surface area contributed by atoms with Gasteiger partial charge in [-0.2, -0.15) is 0 Å². The van der Waals surface area contributed by atoms with Gasteiger partial charge in [0.1, 0.15) is 18.1 Å². The maximum atomic E-state index is 13.1. The van der Waals surface area contributed by atoms with Crippen LogP contribution in [-0.2, 0) is 32.0 Å². The van der Waals surface area contributed by atoms with Crippen LogP contribution in [0.2, 0.25) is 0 Å². The fourth-order valence-corrected chi connectivity index (χ4v) is 3.33. The number of aromatic nitrogens is 2. The standard InChI is InChI=1S/C24H34N6O5/c1-4-14(2)20(25)23(33)28-15(3)21(31)29-18(11-17-12-26-13-27-17)22(32)30-19(24(34)35)10-16-8-6-5-7-9-16/h5-9,12-15,18-20H,4,10-11,25H2,1-3H3,(H,26,27)(H,28,33)(H,29,31)(H,30,32)(H,34,35). The van der Waals surface area contributed by atoms with Crippen molar-refractivity contribution in [1.82, 2.24) is 25.9 Å². The minimum absolute atomic E-state index is 0.0439. The average Bonchev–Trinajstić information content (AvgIpc) is 3.35. The van der Waals surface area contributed by atoms with Gasteiger partial charge in [0.15, 0.2) is 0 Å². The molecule has 35 heavy (non-hydrogen) atoms. The Bertz CT molecular complexity index is 982. The van der Waals surface area contributed by atoms with Crippen molar-refractivity contribution in [3.05, 3.63) is 54.1 Å². The molecular weight excluding hydrogens is 452 g/mol. The number of aliphatic carboxylic acids is 1. The maximum Gasteiger partial charge on any atom is 0.326 e. The van der Waals surface area contributed by atoms with E-state index in [2.05, 4.69) is 25.9 Å². The van der Waals surface area contributed by atoms with E-state index in [-0.39, 0.29) is 18.8 Å². The Kier molecular flexibility index (Phi) is 10.4. The minimum atomic E-state index is -1.20. The van der Waals surface area contributed by atoms with Crippen LogP contribution in [0.25, 0.3) is 0 Å². The molecular formula is C24H34N6O5. The highest BCUT2D eigenvalue weighted by Crippen LogP contribution is 2.07. The van der Waals surface area contributed by atoms with Crippen molar-refractivity contribution in [3.8, 4) is 0 Å². The number of nitrogens with zero attached hydrogens (tertiary/aromatic N) is 1. The largest absolute Gasteiger partial charge is 0.480 e. The van der Waals surface area contributed by atoms with Crippen molar-refractivity contribution in [3.63, 3.8) is 0 Å². The van der Waals surface area contributed by atoms with E-state index in [0.717, 1.165) is 5.56 Å². The molecule has 2 rings (SSSR count). The second kappa shape index (κ2) is 13.2. The molecule has 5 unspecified atom stereocenters. The number of imidazole rings is 1. The number of amides is 3. The number of carbonyl (C=O) groups is 4. The highest BCUT2D eigenvalue weighted by Gasteiger charge is 2.30. The molecule has 11 nitrogen and oxygen atoms in total. The molecule has 0 saturated carbocycles. The zero-order chi connectivity index (χ0) is 26.0. The predicted molar refractivity (Wildman–Crippen MR) is 129 cm³/mol. The first-order valence-corrected chi connectivity index (χ1v) is 11.5. The van der Waals surface area contributed by atoms with Gasteiger partial charge in [-0.1, -0.05) is 50.6 Å². The van der Waals surface area contributed by atoms with E-state index >= 15 is 0 Å². The molecule has 0 bridgehead atoms. The summed E-state index contributed by atoms with van der Waals surface area (Å²) in [5, 5.41) is 17.3. The van der Waals surface area contributed by atoms with Crippen LogP contribution in [0.15, 0.2) is 42.9 Å². The van der Waals surface area contributed by atoms with Crippen LogP contribution in [0.3, 0.4) is 0 Å². The normalized spacial score (nSPS) is 15.2. The Morgan fingerprint density at radius 3 is 2.20 bits per heavy atom. The van der Waals surface area contributed by atoms with E-state index < -0.39 is 47.9 Å². The molecule has 0 spiro atoms. The van der Waals surface area contributed by atoms with Gasteiger partial charge in [-0.15, -0.1) is 0 Å². The summed E-state index contributed by atoms with van der Waals surface area (Å²) >= 11 is 0. The van der Waals surface area contributed by atoms with Crippen LogP contribution in [0.4, 0.5) is 0 Å². The molecule has 2 aromatic rings. The van der Waals surface area contributed by atoms with Crippen LogP contribution >= 0.6 is 0 Å². The zero-order valence-electron chi connectivity index (χ0n) is 20.2. The summed E-state index contributed by atoms with van der Waals surface area (Å²) in [4.78, 5) is 56.8. The van der Waals surface area contributed by atoms with E-state index in [1.807, 2.05) is 19.9 Å². The van der Waals surface area contributed by atoms with Gasteiger partial charge >= 0.3 is 5.97 Å². The minimum Gasteiger partial charge on any atom is -0.480 e. The zero-order valence-corrected chi connectivity index (χ0v) is 20.2. The molecule has 0 fully saturated rings. The molecule has 0 radical (unpaired) electrons. The number of carbonyl (C=O) groups excluding carboxylic acids is 3. The van der Waals surface area contributed by atoms with E-state index in [1.165, 1.54) is 19.4 Å². The van der Waals surface area contributed by atoms with Crippen LogP contribution in [-0.4, -0.2) is 62.9 Å². The molecule has 0 saturated heterocycles. The molecule has 1 aromatic heterocycles. The smallest absolute Gasteiger partial charge is 0.326 e. The number of benzene rings is 1. The lowest BCUT2D eigenvalue weighted by Crippen LogP contribution is -2.57. The summed E-state index contributed by atoms with van der Waals surface area (Å²) in [6.45, 7) is 5.24. The van der Waals surface area contributed by atoms with E-state index in [0.29, 0.717) is 12.1 Å². The number of H-pyrrole nitrogens is 1. The highest BCUT2D eigenvalue weighted by atomic mass is 16.4. The molecule has 190 valence electrons. The average molecular weight is 487 g/mol. The van der Waals surface area contributed by atoms with Gasteiger partial charge in [0.05, 0.1) is 12.4 Å². The Hall–Kier alpha value is -3.73. The van der Waals surface area contributed by atoms with E-state index in [9.17, 15) is 24.3 Å². The Labute approximate surface area is 204 Å². The van der Waals surface area contributed by atoms with Crippen LogP contribution in [0.5, 0.6) is 0 Å². The fourth-order valence-electron chi connectivity index (χ4n) is 3.33. The number of carboxylic acids is 1. The molecule has 11 heteroatoms. The molecule has 5 atom stereocenters. The number of nitrogens with one attached hydrogen (secondary N) is 4. The second-order valence-corrected chi connectivity index (χ2v) is 8.57. The molecule has 1 aromatic carbocycles. The van der Waals surface area contributed by atoms with Gasteiger partial charge in [-0.25, -0.2) is 9.78 Å². The number of aromatic amines is 1. The van der Waals surface area contributed by atoms with Crippen LogP contribution in [0, 0.1) is 5.92 Å². The third-order valence-electron chi connectivity index (χ3n) is 5.82. The van der Waals surface area contributed by atoms with Crippen molar-refractivity contribution in [1.29, 1.82) is 0 Å². The Morgan fingerprint density at radius 2 is 1.63 bits per heavy atom. The quantitative estimate of drug-likeness (QED) is 0.233. The van der Waals surface area contributed by atoms with Crippen molar-refractivity contribution in [2.45, 2.75) is 64.2 Å². The first kappa shape index (κ1) is 27.5.